The van der Waals surface area contributed by atoms with Gasteiger partial charge in [0.1, 0.15) is 5.75 Å². The van der Waals surface area contributed by atoms with Gasteiger partial charge in [-0.3, -0.25) is 4.79 Å². The topological polar surface area (TPSA) is 38.3 Å². The van der Waals surface area contributed by atoms with Crippen LogP contribution in [-0.2, 0) is 11.2 Å². The lowest BCUT2D eigenvalue weighted by Gasteiger charge is -2.07. The molecule has 20 heavy (non-hydrogen) atoms. The van der Waals surface area contributed by atoms with Crippen molar-refractivity contribution in [2.24, 2.45) is 0 Å². The van der Waals surface area contributed by atoms with E-state index in [-0.39, 0.29) is 5.91 Å². The van der Waals surface area contributed by atoms with E-state index in [1.807, 2.05) is 36.4 Å². The number of methoxy groups -OCH3 is 1. The molecule has 0 heterocycles. The Kier molecular flexibility index (Phi) is 4.77. The van der Waals surface area contributed by atoms with Gasteiger partial charge in [0, 0.05) is 18.2 Å². The van der Waals surface area contributed by atoms with E-state index in [1.54, 1.807) is 7.11 Å². The zero-order valence-electron chi connectivity index (χ0n) is 11.8. The SMILES string of the molecule is COc1cccc(NC(=O)CCc2cccc(C)c2)c1. The van der Waals surface area contributed by atoms with Crippen LogP contribution < -0.4 is 10.1 Å². The third-order valence-electron chi connectivity index (χ3n) is 3.08. The molecule has 2 rings (SSSR count). The lowest BCUT2D eigenvalue weighted by molar-refractivity contribution is -0.116. The fourth-order valence-corrected chi connectivity index (χ4v) is 2.05. The Morgan fingerprint density at radius 1 is 1.15 bits per heavy atom. The van der Waals surface area contributed by atoms with E-state index in [2.05, 4.69) is 24.4 Å². The zero-order valence-corrected chi connectivity index (χ0v) is 11.8. The number of hydrogen-bond donors (Lipinski definition) is 1. The van der Waals surface area contributed by atoms with Crippen LogP contribution in [0.4, 0.5) is 5.69 Å². The fourth-order valence-electron chi connectivity index (χ4n) is 2.05. The molecule has 0 saturated carbocycles. The van der Waals surface area contributed by atoms with Crippen molar-refractivity contribution in [2.45, 2.75) is 19.8 Å². The predicted octanol–water partition coefficient (Wildman–Crippen LogP) is 3.57. The Bertz CT molecular complexity index is 593. The van der Waals surface area contributed by atoms with E-state index in [0.29, 0.717) is 6.42 Å². The number of ether oxygens (including phenoxy) is 1. The first kappa shape index (κ1) is 14.1. The molecule has 2 aromatic carbocycles. The Hall–Kier alpha value is -2.29. The molecule has 0 aliphatic heterocycles. The van der Waals surface area contributed by atoms with Crippen LogP contribution in [0.15, 0.2) is 48.5 Å². The minimum Gasteiger partial charge on any atom is -0.497 e. The number of carbonyl (C=O) groups is 1. The third-order valence-corrected chi connectivity index (χ3v) is 3.08. The molecule has 0 fully saturated rings. The summed E-state index contributed by atoms with van der Waals surface area (Å²) in [6.45, 7) is 2.06. The second kappa shape index (κ2) is 6.75. The lowest BCUT2D eigenvalue weighted by atomic mass is 10.1. The van der Waals surface area contributed by atoms with Gasteiger partial charge in [-0.1, -0.05) is 35.9 Å². The number of anilines is 1. The first-order chi connectivity index (χ1) is 9.67. The molecule has 0 radical (unpaired) electrons. The van der Waals surface area contributed by atoms with Crippen LogP contribution in [0.2, 0.25) is 0 Å². The van der Waals surface area contributed by atoms with Crippen molar-refractivity contribution in [3.8, 4) is 5.75 Å². The average molecular weight is 269 g/mol. The van der Waals surface area contributed by atoms with Gasteiger partial charge >= 0.3 is 0 Å². The van der Waals surface area contributed by atoms with Crippen LogP contribution in [0.3, 0.4) is 0 Å². The van der Waals surface area contributed by atoms with Crippen molar-refractivity contribution in [2.75, 3.05) is 12.4 Å². The molecule has 0 saturated heterocycles. The van der Waals surface area contributed by atoms with Gasteiger partial charge in [-0.25, -0.2) is 0 Å². The first-order valence-corrected chi connectivity index (χ1v) is 6.67. The minimum absolute atomic E-state index is 0.0137. The molecule has 2 aromatic rings. The summed E-state index contributed by atoms with van der Waals surface area (Å²) in [5.41, 5.74) is 3.17. The number of carbonyl (C=O) groups excluding carboxylic acids is 1. The summed E-state index contributed by atoms with van der Waals surface area (Å²) >= 11 is 0. The van der Waals surface area contributed by atoms with Crippen LogP contribution in [0.5, 0.6) is 5.75 Å². The molecule has 0 spiro atoms. The molecule has 1 N–H and O–H groups in total. The summed E-state index contributed by atoms with van der Waals surface area (Å²) in [6, 6.07) is 15.6. The minimum atomic E-state index is 0.0137. The molecule has 1 amide bonds. The number of nitrogens with one attached hydrogen (secondary N) is 1. The van der Waals surface area contributed by atoms with Gasteiger partial charge in [0.15, 0.2) is 0 Å². The number of amides is 1. The highest BCUT2D eigenvalue weighted by Gasteiger charge is 2.04. The van der Waals surface area contributed by atoms with Gasteiger partial charge in [-0.2, -0.15) is 0 Å². The normalized spacial score (nSPS) is 10.1. The van der Waals surface area contributed by atoms with E-state index in [0.717, 1.165) is 17.9 Å². The largest absolute Gasteiger partial charge is 0.497 e. The van der Waals surface area contributed by atoms with Crippen molar-refractivity contribution in [1.29, 1.82) is 0 Å². The van der Waals surface area contributed by atoms with Crippen LogP contribution in [0, 0.1) is 6.92 Å². The molecule has 0 atom stereocenters. The van der Waals surface area contributed by atoms with E-state index in [9.17, 15) is 4.79 Å². The summed E-state index contributed by atoms with van der Waals surface area (Å²) in [4.78, 5) is 11.9. The van der Waals surface area contributed by atoms with E-state index < -0.39 is 0 Å². The van der Waals surface area contributed by atoms with Crippen molar-refractivity contribution >= 4 is 11.6 Å². The maximum Gasteiger partial charge on any atom is 0.224 e. The monoisotopic (exact) mass is 269 g/mol. The summed E-state index contributed by atoms with van der Waals surface area (Å²) in [6.07, 6.45) is 1.22. The lowest BCUT2D eigenvalue weighted by Crippen LogP contribution is -2.12. The second-order valence-electron chi connectivity index (χ2n) is 4.77. The van der Waals surface area contributed by atoms with E-state index >= 15 is 0 Å². The van der Waals surface area contributed by atoms with Gasteiger partial charge in [-0.05, 0) is 31.0 Å². The predicted molar refractivity (Wildman–Crippen MR) is 81.1 cm³/mol. The quantitative estimate of drug-likeness (QED) is 0.901. The van der Waals surface area contributed by atoms with Crippen LogP contribution >= 0.6 is 0 Å². The number of aryl methyl sites for hydroxylation is 2. The average Bonchev–Trinajstić information content (AvgIpc) is 2.45. The van der Waals surface area contributed by atoms with Crippen molar-refractivity contribution in [1.82, 2.24) is 0 Å². The van der Waals surface area contributed by atoms with Gasteiger partial charge in [0.05, 0.1) is 7.11 Å². The van der Waals surface area contributed by atoms with Crippen LogP contribution in [-0.4, -0.2) is 13.0 Å². The molecule has 0 aliphatic rings. The molecule has 0 unspecified atom stereocenters. The van der Waals surface area contributed by atoms with Gasteiger partial charge in [0.25, 0.3) is 0 Å². The molecule has 104 valence electrons. The molecular weight excluding hydrogens is 250 g/mol. The maximum absolute atomic E-state index is 11.9. The fraction of sp³-hybridized carbons (Fsp3) is 0.235. The molecule has 0 aliphatic carbocycles. The highest BCUT2D eigenvalue weighted by molar-refractivity contribution is 5.91. The third kappa shape index (κ3) is 4.12. The number of benzene rings is 2. The van der Waals surface area contributed by atoms with Crippen LogP contribution in [0.1, 0.15) is 17.5 Å². The summed E-state index contributed by atoms with van der Waals surface area (Å²) in [7, 11) is 1.61. The Morgan fingerprint density at radius 2 is 1.95 bits per heavy atom. The molecule has 3 heteroatoms. The Balaban J connectivity index is 1.89. The Labute approximate surface area is 119 Å². The summed E-state index contributed by atoms with van der Waals surface area (Å²) < 4.78 is 5.13. The summed E-state index contributed by atoms with van der Waals surface area (Å²) in [5.74, 6) is 0.751. The zero-order chi connectivity index (χ0) is 14.4. The van der Waals surface area contributed by atoms with Gasteiger partial charge in [0.2, 0.25) is 5.91 Å². The van der Waals surface area contributed by atoms with E-state index in [1.165, 1.54) is 11.1 Å². The van der Waals surface area contributed by atoms with Crippen molar-refractivity contribution in [3.63, 3.8) is 0 Å². The Morgan fingerprint density at radius 3 is 2.70 bits per heavy atom. The molecule has 0 bridgehead atoms. The highest BCUT2D eigenvalue weighted by atomic mass is 16.5. The molecular formula is C17H19NO2. The number of rotatable bonds is 5. The van der Waals surface area contributed by atoms with Gasteiger partial charge < -0.3 is 10.1 Å². The van der Waals surface area contributed by atoms with Crippen molar-refractivity contribution < 1.29 is 9.53 Å². The summed E-state index contributed by atoms with van der Waals surface area (Å²) in [5, 5.41) is 2.88. The molecule has 3 nitrogen and oxygen atoms in total. The van der Waals surface area contributed by atoms with E-state index in [4.69, 9.17) is 4.74 Å². The standard InChI is InChI=1S/C17H19NO2/c1-13-5-3-6-14(11-13)9-10-17(19)18-15-7-4-8-16(12-15)20-2/h3-8,11-12H,9-10H2,1-2H3,(H,18,19). The van der Waals surface area contributed by atoms with Crippen molar-refractivity contribution in [3.05, 3.63) is 59.7 Å². The smallest absolute Gasteiger partial charge is 0.224 e. The molecule has 0 aromatic heterocycles. The highest BCUT2D eigenvalue weighted by Crippen LogP contribution is 2.17. The first-order valence-electron chi connectivity index (χ1n) is 6.67. The van der Waals surface area contributed by atoms with Gasteiger partial charge in [-0.15, -0.1) is 0 Å². The second-order valence-corrected chi connectivity index (χ2v) is 4.77. The van der Waals surface area contributed by atoms with Crippen LogP contribution in [0.25, 0.3) is 0 Å². The maximum atomic E-state index is 11.9. The number of hydrogen-bond acceptors (Lipinski definition) is 2.